The normalized spacial score (nSPS) is 24.9. The summed E-state index contributed by atoms with van der Waals surface area (Å²) in [5.41, 5.74) is -0.245. The molecule has 1 atom stereocenters. The lowest BCUT2D eigenvalue weighted by Gasteiger charge is -2.22. The maximum atomic E-state index is 11.6. The van der Waals surface area contributed by atoms with Crippen LogP contribution in [0.3, 0.4) is 0 Å². The number of benzene rings is 1. The van der Waals surface area contributed by atoms with Gasteiger partial charge < -0.3 is 5.32 Å². The quantitative estimate of drug-likeness (QED) is 0.759. The number of amides is 3. The number of halogens is 1. The number of urea groups is 1. The molecule has 3 amide bonds. The van der Waals surface area contributed by atoms with Crippen molar-refractivity contribution in [3.05, 3.63) is 34.3 Å². The van der Waals surface area contributed by atoms with Crippen molar-refractivity contribution < 1.29 is 9.59 Å². The number of carbonyl (C=O) groups excluding carboxylic acids is 2. The van der Waals surface area contributed by atoms with Crippen molar-refractivity contribution >= 4 is 27.9 Å². The van der Waals surface area contributed by atoms with Gasteiger partial charge in [0.25, 0.3) is 5.91 Å². The monoisotopic (exact) mass is 268 g/mol. The lowest BCUT2D eigenvalue weighted by atomic mass is 9.92. The lowest BCUT2D eigenvalue weighted by Crippen LogP contribution is -2.40. The minimum atomic E-state index is -0.989. The summed E-state index contributed by atoms with van der Waals surface area (Å²) in [7, 11) is 0. The summed E-state index contributed by atoms with van der Waals surface area (Å²) in [6, 6.07) is 6.85. The Bertz CT molecular complexity index is 447. The number of carbonyl (C=O) groups is 2. The van der Waals surface area contributed by atoms with Gasteiger partial charge in [0.15, 0.2) is 0 Å². The summed E-state index contributed by atoms with van der Waals surface area (Å²) in [6.07, 6.45) is 0. The average Bonchev–Trinajstić information content (AvgIpc) is 2.42. The summed E-state index contributed by atoms with van der Waals surface area (Å²) in [4.78, 5) is 22.7. The Hall–Kier alpha value is -1.36. The highest BCUT2D eigenvalue weighted by Crippen LogP contribution is 2.30. The fourth-order valence-electron chi connectivity index (χ4n) is 1.60. The molecule has 78 valence electrons. The van der Waals surface area contributed by atoms with E-state index in [1.165, 1.54) is 0 Å². The Labute approximate surface area is 95.2 Å². The topological polar surface area (TPSA) is 58.2 Å². The third-order valence-corrected chi connectivity index (χ3v) is 3.15. The van der Waals surface area contributed by atoms with E-state index < -0.39 is 11.6 Å². The largest absolute Gasteiger partial charge is 0.322 e. The van der Waals surface area contributed by atoms with Crippen LogP contribution in [0.4, 0.5) is 4.79 Å². The van der Waals surface area contributed by atoms with Gasteiger partial charge in [0.05, 0.1) is 0 Å². The van der Waals surface area contributed by atoms with Crippen LogP contribution in [0.5, 0.6) is 0 Å². The van der Waals surface area contributed by atoms with Crippen LogP contribution >= 0.6 is 15.9 Å². The molecule has 4 nitrogen and oxygen atoms in total. The first-order chi connectivity index (χ1) is 7.04. The van der Waals surface area contributed by atoms with Gasteiger partial charge in [-0.05, 0) is 13.0 Å². The molecule has 15 heavy (non-hydrogen) atoms. The van der Waals surface area contributed by atoms with Gasteiger partial charge in [0.2, 0.25) is 0 Å². The zero-order valence-corrected chi connectivity index (χ0v) is 9.59. The van der Waals surface area contributed by atoms with Gasteiger partial charge in [-0.2, -0.15) is 0 Å². The van der Waals surface area contributed by atoms with E-state index in [4.69, 9.17) is 0 Å². The highest BCUT2D eigenvalue weighted by molar-refractivity contribution is 9.10. The maximum absolute atomic E-state index is 11.6. The van der Waals surface area contributed by atoms with E-state index in [0.717, 1.165) is 10.0 Å². The van der Waals surface area contributed by atoms with Gasteiger partial charge in [-0.1, -0.05) is 34.1 Å². The van der Waals surface area contributed by atoms with Crippen LogP contribution < -0.4 is 10.6 Å². The molecule has 2 rings (SSSR count). The molecule has 0 saturated carbocycles. The maximum Gasteiger partial charge on any atom is 0.322 e. The molecular weight excluding hydrogens is 260 g/mol. The SMILES string of the molecule is C[C@@]1(c2ccccc2Br)NC(=O)NC1=O. The van der Waals surface area contributed by atoms with E-state index in [9.17, 15) is 9.59 Å². The van der Waals surface area contributed by atoms with Gasteiger partial charge in [0, 0.05) is 10.0 Å². The highest BCUT2D eigenvalue weighted by Gasteiger charge is 2.44. The first kappa shape index (κ1) is 10.2. The molecule has 0 aromatic heterocycles. The van der Waals surface area contributed by atoms with Crippen LogP contribution in [0.25, 0.3) is 0 Å². The molecule has 0 aliphatic carbocycles. The zero-order valence-electron chi connectivity index (χ0n) is 8.00. The summed E-state index contributed by atoms with van der Waals surface area (Å²) >= 11 is 3.36. The lowest BCUT2D eigenvalue weighted by molar-refractivity contribution is -0.123. The minimum Gasteiger partial charge on any atom is -0.320 e. The summed E-state index contributed by atoms with van der Waals surface area (Å²) in [5, 5.41) is 4.83. The molecule has 0 unspecified atom stereocenters. The number of imide groups is 1. The van der Waals surface area contributed by atoms with Crippen molar-refractivity contribution in [1.29, 1.82) is 0 Å². The number of nitrogens with one attached hydrogen (secondary N) is 2. The average molecular weight is 269 g/mol. The zero-order chi connectivity index (χ0) is 11.1. The second-order valence-corrected chi connectivity index (χ2v) is 4.37. The summed E-state index contributed by atoms with van der Waals surface area (Å²) in [6.45, 7) is 1.67. The van der Waals surface area contributed by atoms with E-state index in [2.05, 4.69) is 26.6 Å². The highest BCUT2D eigenvalue weighted by atomic mass is 79.9. The van der Waals surface area contributed by atoms with Crippen LogP contribution in [0, 0.1) is 0 Å². The molecule has 5 heteroatoms. The third kappa shape index (κ3) is 1.52. The second-order valence-electron chi connectivity index (χ2n) is 3.51. The van der Waals surface area contributed by atoms with Crippen LogP contribution in [-0.2, 0) is 10.3 Å². The first-order valence-corrected chi connectivity index (χ1v) is 5.22. The van der Waals surface area contributed by atoms with Crippen molar-refractivity contribution in [3.8, 4) is 0 Å². The molecule has 1 aromatic rings. The Balaban J connectivity index is 2.51. The molecule has 0 spiro atoms. The van der Waals surface area contributed by atoms with Gasteiger partial charge in [-0.15, -0.1) is 0 Å². The van der Waals surface area contributed by atoms with Crippen LogP contribution in [-0.4, -0.2) is 11.9 Å². The Kier molecular flexibility index (Phi) is 2.26. The molecule has 1 saturated heterocycles. The van der Waals surface area contributed by atoms with Gasteiger partial charge in [0.1, 0.15) is 5.54 Å². The van der Waals surface area contributed by atoms with Crippen molar-refractivity contribution in [2.75, 3.05) is 0 Å². The predicted molar refractivity (Wildman–Crippen MR) is 58.2 cm³/mol. The van der Waals surface area contributed by atoms with Crippen molar-refractivity contribution in [2.24, 2.45) is 0 Å². The van der Waals surface area contributed by atoms with Crippen LogP contribution in [0.1, 0.15) is 12.5 Å². The molecule has 1 aromatic carbocycles. The van der Waals surface area contributed by atoms with E-state index >= 15 is 0 Å². The predicted octanol–water partition coefficient (Wildman–Crippen LogP) is 1.50. The standard InChI is InChI=1S/C10H9BrN2O2/c1-10(8(14)12-9(15)13-10)6-4-2-3-5-7(6)11/h2-5H,1H3,(H2,12,13,14,15)/t10-/m0/s1. The Morgan fingerprint density at radius 1 is 1.27 bits per heavy atom. The number of hydrogen-bond acceptors (Lipinski definition) is 2. The molecule has 2 N–H and O–H groups in total. The Morgan fingerprint density at radius 3 is 2.47 bits per heavy atom. The Morgan fingerprint density at radius 2 is 1.93 bits per heavy atom. The number of hydrogen-bond donors (Lipinski definition) is 2. The van der Waals surface area contributed by atoms with E-state index in [1.807, 2.05) is 18.2 Å². The number of rotatable bonds is 1. The fourth-order valence-corrected chi connectivity index (χ4v) is 2.28. The molecule has 1 fully saturated rings. The third-order valence-electron chi connectivity index (χ3n) is 2.46. The minimum absolute atomic E-state index is 0.334. The van der Waals surface area contributed by atoms with Crippen LogP contribution in [0.2, 0.25) is 0 Å². The summed E-state index contributed by atoms with van der Waals surface area (Å²) in [5.74, 6) is -0.334. The van der Waals surface area contributed by atoms with Gasteiger partial charge >= 0.3 is 6.03 Å². The molecule has 1 aliphatic heterocycles. The van der Waals surface area contributed by atoms with E-state index in [0.29, 0.717) is 0 Å². The van der Waals surface area contributed by atoms with Crippen LogP contribution in [0.15, 0.2) is 28.7 Å². The molecule has 0 bridgehead atoms. The molecule has 0 radical (unpaired) electrons. The van der Waals surface area contributed by atoms with Gasteiger partial charge in [-0.3, -0.25) is 10.1 Å². The van der Waals surface area contributed by atoms with E-state index in [1.54, 1.807) is 13.0 Å². The molecule has 1 aliphatic rings. The molecular formula is C10H9BrN2O2. The summed E-state index contributed by atoms with van der Waals surface area (Å²) < 4.78 is 0.796. The molecule has 1 heterocycles. The van der Waals surface area contributed by atoms with E-state index in [-0.39, 0.29) is 5.91 Å². The second kappa shape index (κ2) is 3.34. The van der Waals surface area contributed by atoms with Gasteiger partial charge in [-0.25, -0.2) is 4.79 Å². The van der Waals surface area contributed by atoms with Crippen molar-refractivity contribution in [1.82, 2.24) is 10.6 Å². The van der Waals surface area contributed by atoms with Crippen molar-refractivity contribution in [2.45, 2.75) is 12.5 Å². The smallest absolute Gasteiger partial charge is 0.320 e. The fraction of sp³-hybridized carbons (Fsp3) is 0.200. The van der Waals surface area contributed by atoms with Crippen molar-refractivity contribution in [3.63, 3.8) is 0 Å². The first-order valence-electron chi connectivity index (χ1n) is 4.42.